The summed E-state index contributed by atoms with van der Waals surface area (Å²) >= 11 is 0. The lowest BCUT2D eigenvalue weighted by atomic mass is 9.88. The first-order chi connectivity index (χ1) is 11.4. The number of aliphatic hydroxyl groups is 1. The number of aliphatic hydroxyl groups excluding tert-OH is 1. The fourth-order valence-electron chi connectivity index (χ4n) is 3.26. The minimum atomic E-state index is -1.04. The number of benzene rings is 1. The maximum absolute atomic E-state index is 10.3. The van der Waals surface area contributed by atoms with Crippen LogP contribution in [0.15, 0.2) is 55.6 Å². The molecule has 5 nitrogen and oxygen atoms in total. The van der Waals surface area contributed by atoms with Crippen LogP contribution in [0.25, 0.3) is 0 Å². The molecule has 1 aromatic rings. The van der Waals surface area contributed by atoms with E-state index in [1.807, 2.05) is 44.2 Å². The molecule has 0 unspecified atom stereocenters. The Morgan fingerprint density at radius 3 is 2.58 bits per heavy atom. The van der Waals surface area contributed by atoms with Gasteiger partial charge in [-0.05, 0) is 19.4 Å². The third-order valence-electron chi connectivity index (χ3n) is 4.43. The summed E-state index contributed by atoms with van der Waals surface area (Å²) in [5.74, 6) is -0.788. The van der Waals surface area contributed by atoms with Crippen molar-refractivity contribution in [1.82, 2.24) is 0 Å². The predicted octanol–water partition coefficient (Wildman–Crippen LogP) is 2.55. The van der Waals surface area contributed by atoms with E-state index in [2.05, 4.69) is 13.2 Å². The summed E-state index contributed by atoms with van der Waals surface area (Å²) in [4.78, 5) is 0. The molecule has 2 heterocycles. The van der Waals surface area contributed by atoms with Gasteiger partial charge in [-0.15, -0.1) is 13.2 Å². The fraction of sp³-hybridized carbons (Fsp3) is 0.474. The van der Waals surface area contributed by atoms with Crippen LogP contribution in [0.2, 0.25) is 0 Å². The highest BCUT2D eigenvalue weighted by Gasteiger charge is 2.64. The third kappa shape index (κ3) is 2.94. The molecule has 0 saturated carbocycles. The average Bonchev–Trinajstić information content (AvgIpc) is 3.04. The second kappa shape index (κ2) is 6.43. The van der Waals surface area contributed by atoms with Crippen LogP contribution >= 0.6 is 0 Å². The van der Waals surface area contributed by atoms with Gasteiger partial charge in [0.15, 0.2) is 12.1 Å². The highest BCUT2D eigenvalue weighted by molar-refractivity contribution is 5.20. The number of hydrogen-bond donors (Lipinski definition) is 1. The Labute approximate surface area is 142 Å². The van der Waals surface area contributed by atoms with Crippen molar-refractivity contribution >= 4 is 0 Å². The lowest BCUT2D eigenvalue weighted by Gasteiger charge is -2.37. The first-order valence-electron chi connectivity index (χ1n) is 8.05. The lowest BCUT2D eigenvalue weighted by molar-refractivity contribution is -0.239. The molecule has 0 radical (unpaired) electrons. The van der Waals surface area contributed by atoms with Gasteiger partial charge in [-0.1, -0.05) is 42.5 Å². The van der Waals surface area contributed by atoms with E-state index in [1.54, 1.807) is 6.08 Å². The average molecular weight is 332 g/mol. The fourth-order valence-corrected chi connectivity index (χ4v) is 3.26. The summed E-state index contributed by atoms with van der Waals surface area (Å²) < 4.78 is 23.9. The predicted molar refractivity (Wildman–Crippen MR) is 89.1 cm³/mol. The van der Waals surface area contributed by atoms with Gasteiger partial charge in [0.2, 0.25) is 0 Å². The monoisotopic (exact) mass is 332 g/mol. The molecule has 1 aromatic carbocycles. The number of fused-ring (bicyclic) bond motifs is 1. The van der Waals surface area contributed by atoms with Crippen LogP contribution in [0.5, 0.6) is 0 Å². The van der Waals surface area contributed by atoms with E-state index < -0.39 is 36.0 Å². The van der Waals surface area contributed by atoms with E-state index in [0.717, 1.165) is 5.56 Å². The van der Waals surface area contributed by atoms with Crippen molar-refractivity contribution < 1.29 is 24.1 Å². The second-order valence-corrected chi connectivity index (χ2v) is 6.54. The molecule has 0 spiro atoms. The van der Waals surface area contributed by atoms with E-state index in [4.69, 9.17) is 18.9 Å². The minimum Gasteiger partial charge on any atom is -0.386 e. The van der Waals surface area contributed by atoms with Crippen molar-refractivity contribution in [3.63, 3.8) is 0 Å². The molecular weight excluding hydrogens is 308 g/mol. The Morgan fingerprint density at radius 2 is 1.96 bits per heavy atom. The Morgan fingerprint density at radius 1 is 1.25 bits per heavy atom. The SMILES string of the molecule is C=C[C@@H](O)[C@H]1O[C@@H]2OC(C)(C)O[C@@H]2[C@]1(C=C)OCc1ccccc1. The minimum absolute atomic E-state index is 0.337. The molecule has 1 N–H and O–H groups in total. The topological polar surface area (TPSA) is 57.2 Å². The summed E-state index contributed by atoms with van der Waals surface area (Å²) in [6.45, 7) is 11.5. The smallest absolute Gasteiger partial charge is 0.191 e. The maximum Gasteiger partial charge on any atom is 0.191 e. The Balaban J connectivity index is 1.89. The quantitative estimate of drug-likeness (QED) is 0.812. The largest absolute Gasteiger partial charge is 0.386 e. The van der Waals surface area contributed by atoms with Gasteiger partial charge < -0.3 is 24.1 Å². The van der Waals surface area contributed by atoms with Crippen LogP contribution in [-0.2, 0) is 25.6 Å². The molecule has 24 heavy (non-hydrogen) atoms. The zero-order valence-corrected chi connectivity index (χ0v) is 14.1. The second-order valence-electron chi connectivity index (χ2n) is 6.54. The molecule has 0 aliphatic carbocycles. The van der Waals surface area contributed by atoms with Gasteiger partial charge in [-0.25, -0.2) is 0 Å². The Hall–Kier alpha value is -1.50. The summed E-state index contributed by atoms with van der Waals surface area (Å²) in [5, 5.41) is 10.3. The first kappa shape index (κ1) is 17.3. The van der Waals surface area contributed by atoms with E-state index in [0.29, 0.717) is 6.61 Å². The number of ether oxygens (including phenoxy) is 4. The number of rotatable bonds is 6. The first-order valence-corrected chi connectivity index (χ1v) is 8.05. The van der Waals surface area contributed by atoms with Gasteiger partial charge in [0.1, 0.15) is 23.9 Å². The summed E-state index contributed by atoms with van der Waals surface area (Å²) in [7, 11) is 0. The summed E-state index contributed by atoms with van der Waals surface area (Å²) in [6.07, 6.45) is 0.271. The molecule has 2 aliphatic heterocycles. The Bertz CT molecular complexity index is 599. The van der Waals surface area contributed by atoms with E-state index >= 15 is 0 Å². The van der Waals surface area contributed by atoms with Gasteiger partial charge in [-0.3, -0.25) is 0 Å². The van der Waals surface area contributed by atoms with Crippen molar-refractivity contribution in [3.05, 3.63) is 61.2 Å². The highest BCUT2D eigenvalue weighted by Crippen LogP contribution is 2.47. The lowest BCUT2D eigenvalue weighted by Crippen LogP contribution is -2.53. The van der Waals surface area contributed by atoms with Gasteiger partial charge in [0.25, 0.3) is 0 Å². The van der Waals surface area contributed by atoms with Crippen molar-refractivity contribution in [2.75, 3.05) is 0 Å². The van der Waals surface area contributed by atoms with Crippen LogP contribution in [-0.4, -0.2) is 41.1 Å². The Kier molecular flexibility index (Phi) is 4.64. The molecule has 2 saturated heterocycles. The standard InChI is InChI=1S/C19H24O5/c1-5-14(20)15-19(6-2,21-12-13-10-8-7-9-11-13)16-17(22-15)24-18(3,4)23-16/h5-11,14-17,20H,1-2,12H2,3-4H3/t14-,15-,16+,17-,19-/m1/s1. The normalized spacial score (nSPS) is 35.4. The van der Waals surface area contributed by atoms with Crippen molar-refractivity contribution in [3.8, 4) is 0 Å². The summed E-state index contributed by atoms with van der Waals surface area (Å²) in [6, 6.07) is 9.78. The molecule has 0 amide bonds. The molecule has 5 atom stereocenters. The van der Waals surface area contributed by atoms with Crippen LogP contribution in [0, 0.1) is 0 Å². The van der Waals surface area contributed by atoms with Crippen LogP contribution in [0.3, 0.4) is 0 Å². The highest BCUT2D eigenvalue weighted by atomic mass is 16.8. The zero-order valence-electron chi connectivity index (χ0n) is 14.1. The maximum atomic E-state index is 10.3. The molecule has 2 fully saturated rings. The molecule has 2 aliphatic rings. The van der Waals surface area contributed by atoms with Gasteiger partial charge in [-0.2, -0.15) is 0 Å². The van der Waals surface area contributed by atoms with E-state index in [9.17, 15) is 5.11 Å². The molecule has 3 rings (SSSR count). The van der Waals surface area contributed by atoms with Crippen LogP contribution in [0.1, 0.15) is 19.4 Å². The summed E-state index contributed by atoms with van der Waals surface area (Å²) in [5.41, 5.74) is -0.0331. The zero-order chi connectivity index (χ0) is 17.4. The van der Waals surface area contributed by atoms with Gasteiger partial charge in [0, 0.05) is 0 Å². The molecule has 0 aromatic heterocycles. The van der Waals surface area contributed by atoms with E-state index in [-0.39, 0.29) is 0 Å². The third-order valence-corrected chi connectivity index (χ3v) is 4.43. The van der Waals surface area contributed by atoms with Crippen LogP contribution in [0.4, 0.5) is 0 Å². The van der Waals surface area contributed by atoms with Crippen molar-refractivity contribution in [1.29, 1.82) is 0 Å². The van der Waals surface area contributed by atoms with Gasteiger partial charge in [0.05, 0.1) is 6.61 Å². The molecular formula is C19H24O5. The molecule has 5 heteroatoms. The van der Waals surface area contributed by atoms with Crippen LogP contribution < -0.4 is 0 Å². The molecule has 130 valence electrons. The van der Waals surface area contributed by atoms with Crippen molar-refractivity contribution in [2.45, 2.75) is 56.4 Å². The molecule has 0 bridgehead atoms. The number of hydrogen-bond acceptors (Lipinski definition) is 5. The van der Waals surface area contributed by atoms with Gasteiger partial charge >= 0.3 is 0 Å². The van der Waals surface area contributed by atoms with E-state index in [1.165, 1.54) is 6.08 Å². The van der Waals surface area contributed by atoms with Crippen molar-refractivity contribution in [2.24, 2.45) is 0 Å².